The van der Waals surface area contributed by atoms with Crippen molar-refractivity contribution >= 4 is 64.1 Å². The quantitative estimate of drug-likeness (QED) is 0.0454. The summed E-state index contributed by atoms with van der Waals surface area (Å²) in [6.45, 7) is 21.8. The van der Waals surface area contributed by atoms with Crippen molar-refractivity contribution < 1.29 is 43.2 Å². The van der Waals surface area contributed by atoms with E-state index in [1.54, 1.807) is 39.8 Å². The highest BCUT2D eigenvalue weighted by Gasteiger charge is 2.37. The van der Waals surface area contributed by atoms with Crippen LogP contribution in [-0.4, -0.2) is 120 Å². The lowest BCUT2D eigenvalue weighted by molar-refractivity contribution is -0.137. The van der Waals surface area contributed by atoms with Crippen molar-refractivity contribution in [1.29, 1.82) is 0 Å². The number of unbranched alkanes of at least 4 members (excludes halogenated alkanes) is 1. The van der Waals surface area contributed by atoms with Gasteiger partial charge >= 0.3 is 0 Å². The standard InChI is InChI=1S/C51H88N10O9S/c1-13-31(8)40(53)47(66)55-34(11)44(63)60-43(33(10)15-3)50(69)59-41(30(6)7)48(67)56-37(23-19-20-24-52)45(64)61-42(32(9)14-2)49(68)57-38(28-36-21-17-16-18-22-36)46(65)58-39(27-29(4)5)51(70)71-26-25-54-35(12)62/h16-18,21-22,29-34,37-43H,13-15,19-20,23-28,52-53H2,1-12H3,(H,54,62)(H,55,66)(H,56,67)(H,57,68)(H,58,65)(H,59,69)(H,60,63)(H,61,64)/t31-,32-,33-,34+,37-,38+,39+,40-,41+,42-,43-/m0/s1. The Morgan fingerprint density at radius 2 is 1.06 bits per heavy atom. The van der Waals surface area contributed by atoms with Crippen LogP contribution in [0.1, 0.15) is 134 Å². The highest BCUT2D eigenvalue weighted by molar-refractivity contribution is 8.13. The van der Waals surface area contributed by atoms with Gasteiger partial charge in [0, 0.05) is 25.6 Å². The molecule has 0 saturated carbocycles. The maximum atomic E-state index is 14.4. The molecule has 0 unspecified atom stereocenters. The van der Waals surface area contributed by atoms with E-state index in [0.29, 0.717) is 50.8 Å². The van der Waals surface area contributed by atoms with Crippen LogP contribution in [0.4, 0.5) is 0 Å². The van der Waals surface area contributed by atoms with Gasteiger partial charge in [-0.15, -0.1) is 0 Å². The van der Waals surface area contributed by atoms with Gasteiger partial charge in [-0.1, -0.05) is 131 Å². The number of hydrogen-bond donors (Lipinski definition) is 10. The number of carbonyl (C=O) groups is 9. The Kier molecular flexibility index (Phi) is 30.2. The van der Waals surface area contributed by atoms with Crippen LogP contribution in [0.25, 0.3) is 0 Å². The lowest BCUT2D eigenvalue weighted by atomic mass is 9.95. The first-order valence-electron chi connectivity index (χ1n) is 25.5. The van der Waals surface area contributed by atoms with Crippen molar-refractivity contribution in [1.82, 2.24) is 42.5 Å². The molecule has 19 nitrogen and oxygen atoms in total. The van der Waals surface area contributed by atoms with Crippen molar-refractivity contribution in [3.05, 3.63) is 35.9 Å². The zero-order chi connectivity index (χ0) is 54.0. The lowest BCUT2D eigenvalue weighted by Crippen LogP contribution is -2.62. The average molecular weight is 1020 g/mol. The van der Waals surface area contributed by atoms with Crippen molar-refractivity contribution in [3.8, 4) is 0 Å². The van der Waals surface area contributed by atoms with Crippen LogP contribution >= 0.6 is 11.8 Å². The summed E-state index contributed by atoms with van der Waals surface area (Å²) in [7, 11) is 0. The molecule has 0 fully saturated rings. The molecule has 0 radical (unpaired) electrons. The minimum Gasteiger partial charge on any atom is -0.356 e. The molecular weight excluding hydrogens is 929 g/mol. The summed E-state index contributed by atoms with van der Waals surface area (Å²) < 4.78 is 0. The fraction of sp³-hybridized carbons (Fsp3) is 0.706. The molecule has 1 rings (SSSR count). The lowest BCUT2D eigenvalue weighted by Gasteiger charge is -2.31. The molecule has 71 heavy (non-hydrogen) atoms. The van der Waals surface area contributed by atoms with Crippen molar-refractivity contribution in [3.63, 3.8) is 0 Å². The van der Waals surface area contributed by atoms with Gasteiger partial charge in [-0.3, -0.25) is 43.2 Å². The van der Waals surface area contributed by atoms with Crippen LogP contribution in [0, 0.1) is 29.6 Å². The molecule has 1 aromatic carbocycles. The number of benzene rings is 1. The first-order valence-corrected chi connectivity index (χ1v) is 26.4. The minimum atomic E-state index is -1.17. The van der Waals surface area contributed by atoms with E-state index in [0.717, 1.165) is 17.3 Å². The van der Waals surface area contributed by atoms with Crippen LogP contribution in [0.3, 0.4) is 0 Å². The Hall–Kier alpha value is -5.08. The van der Waals surface area contributed by atoms with Gasteiger partial charge in [-0.2, -0.15) is 0 Å². The van der Waals surface area contributed by atoms with E-state index < -0.39 is 102 Å². The first-order chi connectivity index (χ1) is 33.4. The topological polar surface area (TPSA) is 302 Å². The second-order valence-corrected chi connectivity index (χ2v) is 20.7. The monoisotopic (exact) mass is 1020 g/mol. The van der Waals surface area contributed by atoms with Gasteiger partial charge in [0.15, 0.2) is 0 Å². The van der Waals surface area contributed by atoms with Crippen molar-refractivity contribution in [2.75, 3.05) is 18.8 Å². The predicted octanol–water partition coefficient (Wildman–Crippen LogP) is 2.34. The van der Waals surface area contributed by atoms with Gasteiger partial charge < -0.3 is 54.0 Å². The van der Waals surface area contributed by atoms with E-state index in [1.807, 2.05) is 59.7 Å². The molecule has 0 spiro atoms. The molecule has 0 bridgehead atoms. The Bertz CT molecular complexity index is 1870. The Morgan fingerprint density at radius 1 is 0.563 bits per heavy atom. The Labute approximate surface area is 427 Å². The van der Waals surface area contributed by atoms with Crippen LogP contribution in [0.2, 0.25) is 0 Å². The number of nitrogens with two attached hydrogens (primary N) is 2. The minimum absolute atomic E-state index is 0.0300. The van der Waals surface area contributed by atoms with Gasteiger partial charge in [0.05, 0.1) is 12.1 Å². The normalized spacial score (nSPS) is 16.0. The largest absolute Gasteiger partial charge is 0.356 e. The first kappa shape index (κ1) is 63.9. The number of hydrogen-bond acceptors (Lipinski definition) is 12. The maximum absolute atomic E-state index is 14.4. The molecule has 0 saturated heterocycles. The van der Waals surface area contributed by atoms with Gasteiger partial charge in [-0.25, -0.2) is 0 Å². The summed E-state index contributed by atoms with van der Waals surface area (Å²) in [5, 5.41) is 21.9. The molecule has 0 heterocycles. The molecule has 402 valence electrons. The zero-order valence-electron chi connectivity index (χ0n) is 44.4. The third-order valence-electron chi connectivity index (χ3n) is 12.7. The van der Waals surface area contributed by atoms with Crippen molar-refractivity contribution in [2.45, 2.75) is 183 Å². The third kappa shape index (κ3) is 23.3. The Balaban J connectivity index is 3.44. The molecule has 0 aromatic heterocycles. The second kappa shape index (κ2) is 33.5. The molecule has 0 aliphatic rings. The van der Waals surface area contributed by atoms with Crippen LogP contribution in [0.15, 0.2) is 30.3 Å². The van der Waals surface area contributed by atoms with Crippen LogP contribution < -0.4 is 54.0 Å². The number of rotatable bonds is 33. The highest BCUT2D eigenvalue weighted by atomic mass is 32.2. The molecule has 1 aromatic rings. The van der Waals surface area contributed by atoms with Gasteiger partial charge in [0.2, 0.25) is 52.4 Å². The molecule has 0 aliphatic carbocycles. The molecule has 8 amide bonds. The predicted molar refractivity (Wildman–Crippen MR) is 279 cm³/mol. The summed E-state index contributed by atoms with van der Waals surface area (Å²) in [5.41, 5.74) is 12.6. The average Bonchev–Trinajstić information content (AvgIpc) is 3.32. The molecule has 11 atom stereocenters. The molecule has 0 aliphatic heterocycles. The summed E-state index contributed by atoms with van der Waals surface area (Å²) in [6, 6.07) is 0.592. The fourth-order valence-corrected chi connectivity index (χ4v) is 8.14. The van der Waals surface area contributed by atoms with E-state index in [2.05, 4.69) is 42.5 Å². The van der Waals surface area contributed by atoms with E-state index in [1.165, 1.54) is 13.8 Å². The number of amides is 8. The molecule has 20 heteroatoms. The fourth-order valence-electron chi connectivity index (χ4n) is 7.38. The van der Waals surface area contributed by atoms with Gasteiger partial charge in [-0.05, 0) is 74.3 Å². The number of thioether (sulfide) groups is 1. The summed E-state index contributed by atoms with van der Waals surface area (Å²) in [4.78, 5) is 122. The van der Waals surface area contributed by atoms with E-state index in [-0.39, 0.29) is 48.2 Å². The summed E-state index contributed by atoms with van der Waals surface area (Å²) in [5.74, 6) is -5.63. The molecule has 12 N–H and O–H groups in total. The maximum Gasteiger partial charge on any atom is 0.243 e. The Morgan fingerprint density at radius 3 is 1.58 bits per heavy atom. The second-order valence-electron chi connectivity index (χ2n) is 19.6. The van der Waals surface area contributed by atoms with E-state index in [9.17, 15) is 43.2 Å². The van der Waals surface area contributed by atoms with Crippen molar-refractivity contribution in [2.24, 2.45) is 41.1 Å². The highest BCUT2D eigenvalue weighted by Crippen LogP contribution is 2.17. The van der Waals surface area contributed by atoms with Gasteiger partial charge in [0.1, 0.15) is 36.3 Å². The zero-order valence-corrected chi connectivity index (χ0v) is 45.2. The third-order valence-corrected chi connectivity index (χ3v) is 13.6. The smallest absolute Gasteiger partial charge is 0.243 e. The van der Waals surface area contributed by atoms with Gasteiger partial charge in [0.25, 0.3) is 0 Å². The van der Waals surface area contributed by atoms with Crippen LogP contribution in [-0.2, 0) is 49.6 Å². The SMILES string of the molecule is CC[C@H](C)[C@H](N)C(=O)N[C@H](C)C(=O)N[C@H](C(=O)N[C@@H](C(=O)N[C@@H](CCCCN)C(=O)N[C@H](C(=O)N[C@H](Cc1ccccc1)C(=O)N[C@H](CC(C)C)C(=O)SCCNC(C)=O)[C@@H](C)CC)C(C)C)[C@@H](C)CC. The summed E-state index contributed by atoms with van der Waals surface area (Å²) in [6.07, 6.45) is 3.12. The molecular formula is C51H88N10O9S. The number of carbonyl (C=O) groups excluding carboxylic acids is 9. The van der Waals surface area contributed by atoms with E-state index in [4.69, 9.17) is 11.5 Å². The van der Waals surface area contributed by atoms with Crippen LogP contribution in [0.5, 0.6) is 0 Å². The summed E-state index contributed by atoms with van der Waals surface area (Å²) >= 11 is 0.997. The number of nitrogens with one attached hydrogen (secondary N) is 8. The van der Waals surface area contributed by atoms with E-state index >= 15 is 0 Å².